The number of nitriles is 2. The molecule has 0 spiro atoms. The molecule has 0 N–H and O–H groups in total. The molecule has 0 fully saturated rings. The summed E-state index contributed by atoms with van der Waals surface area (Å²) in [6.45, 7) is 15.6. The number of aromatic nitrogens is 6. The topological polar surface area (TPSA) is 135 Å². The molecule has 0 aliphatic heterocycles. The largest absolute Gasteiger partial charge is 0.294 e. The van der Waals surface area contributed by atoms with Gasteiger partial charge in [0.15, 0.2) is 17.2 Å². The van der Waals surface area contributed by atoms with Crippen molar-refractivity contribution in [2.45, 2.75) is 99.3 Å². The average Bonchev–Trinajstić information content (AvgIpc) is 4.09. The van der Waals surface area contributed by atoms with E-state index in [1.807, 2.05) is 29.9 Å². The van der Waals surface area contributed by atoms with Crippen molar-refractivity contribution in [1.29, 1.82) is 10.5 Å². The van der Waals surface area contributed by atoms with Gasteiger partial charge < -0.3 is 0 Å². The number of benzene rings is 2. The molecule has 6 rings (SSSR count). The number of rotatable bonds is 19. The molecule has 16 heteroatoms. The summed E-state index contributed by atoms with van der Waals surface area (Å²) >= 11 is 3.76. The standard InChI is InChI=1S/C17H13FN4OS.C15H10BrFN4S.C4H7O.3C4H9.Sn/c1-10(23)16-6-12(18)3-4-15(16)17-11(9-24-21-17)5-14-7-13(8-19)20-22(14)2;1-21-12(6-11(7-18)19-21)4-9-8-22-20-15(9)13-3-2-10(17)5-14(13)16;1-3-5-4-2;3*1-3-4-2;/h3-4,6-7,9H,5H2,1-2H3;2-3,5-6,8H,4H2,1H3;1,4H2,2H3;3*1,3-4H2,2H3;. The van der Waals surface area contributed by atoms with E-state index >= 15 is 0 Å². The third-order valence-electron chi connectivity index (χ3n) is 11.0. The van der Waals surface area contributed by atoms with Crippen LogP contribution in [0.4, 0.5) is 8.78 Å². The molecule has 0 saturated heterocycles. The first-order valence-corrected chi connectivity index (χ1v) is 31.5. The predicted molar refractivity (Wildman–Crippen MR) is 260 cm³/mol. The molecule has 10 nitrogen and oxygen atoms in total. The van der Waals surface area contributed by atoms with E-state index < -0.39 is 24.2 Å². The van der Waals surface area contributed by atoms with E-state index in [1.165, 1.54) is 110 Å². The van der Waals surface area contributed by atoms with Crippen molar-refractivity contribution in [2.24, 2.45) is 14.1 Å². The van der Waals surface area contributed by atoms with E-state index in [2.05, 4.69) is 69.1 Å². The van der Waals surface area contributed by atoms with Gasteiger partial charge in [-0.15, -0.1) is 0 Å². The van der Waals surface area contributed by atoms with Crippen LogP contribution in [0.25, 0.3) is 22.5 Å². The molecule has 338 valence electrons. The number of hydrogen-bond acceptors (Lipinski definition) is 10. The Bertz CT molecular complexity index is 2550. The maximum atomic E-state index is 13.5. The molecule has 4 heterocycles. The Morgan fingerprint density at radius 3 is 1.62 bits per heavy atom. The summed E-state index contributed by atoms with van der Waals surface area (Å²) in [6, 6.07) is 16.2. The Balaban J connectivity index is 0.000000213. The van der Waals surface area contributed by atoms with Crippen molar-refractivity contribution in [2.75, 3.05) is 6.61 Å². The molecule has 0 amide bonds. The summed E-state index contributed by atoms with van der Waals surface area (Å²) < 4.78 is 51.1. The molecule has 0 unspecified atom stereocenters. The summed E-state index contributed by atoms with van der Waals surface area (Å²) in [5.74, 6) is -0.959. The maximum Gasteiger partial charge on any atom is 0.162 e. The minimum atomic E-state index is -2.24. The molecule has 0 saturated carbocycles. The molecule has 0 aliphatic rings. The fourth-order valence-corrected chi connectivity index (χ4v) is 24.0. The normalized spacial score (nSPS) is 10.9. The van der Waals surface area contributed by atoms with Crippen LogP contribution in [0.15, 0.2) is 74.1 Å². The van der Waals surface area contributed by atoms with E-state index in [9.17, 15) is 13.6 Å². The summed E-state index contributed by atoms with van der Waals surface area (Å²) in [5.41, 5.74) is 7.70. The second-order valence-corrected chi connectivity index (χ2v) is 30.9. The van der Waals surface area contributed by atoms with E-state index in [0.717, 1.165) is 40.4 Å². The average molecular weight is 1080 g/mol. The zero-order chi connectivity index (χ0) is 46.8. The summed E-state index contributed by atoms with van der Waals surface area (Å²) in [4.78, 5) is 11.8. The molecule has 0 bridgehead atoms. The zero-order valence-corrected chi connectivity index (χ0v) is 43.9. The van der Waals surface area contributed by atoms with Gasteiger partial charge in [0.05, 0.1) is 11.4 Å². The second kappa shape index (κ2) is 25.8. The van der Waals surface area contributed by atoms with Crippen LogP contribution in [0.3, 0.4) is 0 Å². The Morgan fingerprint density at radius 2 is 1.22 bits per heavy atom. The summed E-state index contributed by atoms with van der Waals surface area (Å²) in [5, 5.41) is 29.9. The summed E-state index contributed by atoms with van der Waals surface area (Å²) in [6.07, 6.45) is 9.23. The molecular formula is C48H57BrF2N8O2S2Sn. The zero-order valence-electron chi connectivity index (χ0n) is 37.8. The Kier molecular flexibility index (Phi) is 21.0. The van der Waals surface area contributed by atoms with Crippen molar-refractivity contribution >= 4 is 63.2 Å². The number of halogens is 3. The molecular weight excluding hydrogens is 1020 g/mol. The first-order valence-electron chi connectivity index (χ1n) is 21.5. The quantitative estimate of drug-likeness (QED) is 0.0444. The van der Waals surface area contributed by atoms with Gasteiger partial charge in [-0.2, -0.15) is 29.5 Å². The third-order valence-corrected chi connectivity index (χ3v) is 28.0. The van der Waals surface area contributed by atoms with Crippen molar-refractivity contribution in [1.82, 2.24) is 28.3 Å². The number of ketones is 1. The number of hydrogen-bond donors (Lipinski definition) is 0. The van der Waals surface area contributed by atoms with Crippen molar-refractivity contribution < 1.29 is 18.3 Å². The Morgan fingerprint density at radius 1 is 0.766 bits per heavy atom. The fourth-order valence-electron chi connectivity index (χ4n) is 7.41. The van der Waals surface area contributed by atoms with E-state index in [4.69, 9.17) is 15.3 Å². The Hall–Kier alpha value is -4.55. The van der Waals surface area contributed by atoms with Gasteiger partial charge in [0.1, 0.15) is 23.8 Å². The first-order chi connectivity index (χ1) is 30.7. The van der Waals surface area contributed by atoms with Gasteiger partial charge in [-0.25, -0.2) is 8.78 Å². The molecule has 64 heavy (non-hydrogen) atoms. The monoisotopic (exact) mass is 1080 g/mol. The number of aryl methyl sites for hydroxylation is 2. The maximum absolute atomic E-state index is 13.5. The van der Waals surface area contributed by atoms with Gasteiger partial charge in [0, 0.05) is 70.2 Å². The molecule has 6 aromatic rings. The summed E-state index contributed by atoms with van der Waals surface area (Å²) in [7, 11) is 3.58. The predicted octanol–water partition coefficient (Wildman–Crippen LogP) is 13.2. The van der Waals surface area contributed by atoms with Gasteiger partial charge >= 0.3 is 120 Å². The molecule has 2 aromatic carbocycles. The van der Waals surface area contributed by atoms with Crippen LogP contribution in [-0.2, 0) is 31.7 Å². The van der Waals surface area contributed by atoms with Crippen molar-refractivity contribution in [3.8, 4) is 34.7 Å². The number of Topliss-reactive ketones (excluding diaryl/α,β-unsaturated/α-hetero) is 1. The number of unbranched alkanes of at least 4 members (excludes halogenated alkanes) is 3. The first kappa shape index (κ1) is 52.1. The van der Waals surface area contributed by atoms with Crippen molar-refractivity contribution in [3.63, 3.8) is 0 Å². The van der Waals surface area contributed by atoms with Crippen LogP contribution in [0.5, 0.6) is 0 Å². The van der Waals surface area contributed by atoms with Gasteiger partial charge in [-0.1, -0.05) is 0 Å². The van der Waals surface area contributed by atoms with Crippen LogP contribution >= 0.6 is 39.0 Å². The third kappa shape index (κ3) is 14.2. The minimum Gasteiger partial charge on any atom is -0.294 e. The molecule has 4 aromatic heterocycles. The molecule has 0 atom stereocenters. The van der Waals surface area contributed by atoms with Crippen LogP contribution in [0.1, 0.15) is 117 Å². The number of carbonyl (C=O) groups is 1. The van der Waals surface area contributed by atoms with Gasteiger partial charge in [0.2, 0.25) is 0 Å². The SMILES string of the molecule is C=[C](OCC)[Sn]([CH2]CCC)([CH2]CCC)[CH2]CCC.CC(=O)c1cc(F)ccc1-c1nscc1Cc1cc(C#N)nn1C.Cn1nc(C#N)cc1Cc1csnc1-c1ccc(F)cc1Br. The second-order valence-electron chi connectivity index (χ2n) is 15.6. The smallest absolute Gasteiger partial charge is 0.162 e. The van der Waals surface area contributed by atoms with E-state index in [-0.39, 0.29) is 11.6 Å². The molecule has 0 aliphatic carbocycles. The van der Waals surface area contributed by atoms with Crippen LogP contribution in [0, 0.1) is 34.3 Å². The van der Waals surface area contributed by atoms with E-state index in [0.29, 0.717) is 45.5 Å². The number of carbonyl (C=O) groups excluding carboxylic acids is 1. The van der Waals surface area contributed by atoms with Crippen LogP contribution in [-0.4, -0.2) is 59.1 Å². The van der Waals surface area contributed by atoms with Gasteiger partial charge in [-0.05, 0) is 106 Å². The van der Waals surface area contributed by atoms with Gasteiger partial charge in [0.25, 0.3) is 0 Å². The number of nitrogens with zero attached hydrogens (tertiary/aromatic N) is 8. The minimum absolute atomic E-state index is 0.212. The van der Waals surface area contributed by atoms with Crippen molar-refractivity contribution in [3.05, 3.63) is 125 Å². The fraction of sp³-hybridized carbons (Fsp3) is 0.396. The van der Waals surface area contributed by atoms with Crippen LogP contribution < -0.4 is 0 Å². The molecule has 0 radical (unpaired) electrons. The van der Waals surface area contributed by atoms with E-state index in [1.54, 1.807) is 40.7 Å². The van der Waals surface area contributed by atoms with Crippen LogP contribution in [0.2, 0.25) is 13.3 Å². The number of ether oxygens (including phenoxy) is 1. The Labute approximate surface area is 397 Å². The van der Waals surface area contributed by atoms with Gasteiger partial charge in [-0.3, -0.25) is 14.2 Å².